The van der Waals surface area contributed by atoms with Crippen LogP contribution in [0.15, 0.2) is 24.5 Å². The van der Waals surface area contributed by atoms with E-state index >= 15 is 0 Å². The number of carbonyl (C=O) groups excluding carboxylic acids is 2. The number of nitrogens with two attached hydrogens (primary N) is 1. The van der Waals surface area contributed by atoms with Crippen LogP contribution in [0.1, 0.15) is 29.6 Å². The number of pyridine rings is 1. The number of unbranched alkanes of at least 4 members (excludes halogenated alkanes) is 1. The number of methoxy groups -OCH3 is 1. The molecule has 19 heavy (non-hydrogen) atoms. The van der Waals surface area contributed by atoms with Crippen molar-refractivity contribution in [1.29, 1.82) is 0 Å². The van der Waals surface area contributed by atoms with Gasteiger partial charge < -0.3 is 15.8 Å². The smallest absolute Gasteiger partial charge is 0.328 e. The highest BCUT2D eigenvalue weighted by atomic mass is 16.5. The van der Waals surface area contributed by atoms with Crippen LogP contribution in [0, 0.1) is 0 Å². The molecule has 0 aliphatic carbocycles. The Bertz CT molecular complexity index is 409. The van der Waals surface area contributed by atoms with E-state index in [0.29, 0.717) is 18.5 Å². The van der Waals surface area contributed by atoms with Gasteiger partial charge >= 0.3 is 5.97 Å². The molecular weight excluding hydrogens is 246 g/mol. The number of nitrogens with zero attached hydrogens (tertiary/aromatic N) is 1. The van der Waals surface area contributed by atoms with E-state index in [1.54, 1.807) is 18.3 Å². The topological polar surface area (TPSA) is 94.3 Å². The molecule has 0 bridgehead atoms. The second kappa shape index (κ2) is 8.20. The van der Waals surface area contributed by atoms with Crippen LogP contribution in [0.25, 0.3) is 0 Å². The minimum absolute atomic E-state index is 0.337. The molecule has 0 unspecified atom stereocenters. The fourth-order valence-electron chi connectivity index (χ4n) is 1.62. The largest absolute Gasteiger partial charge is 0.467 e. The van der Waals surface area contributed by atoms with Crippen molar-refractivity contribution >= 4 is 11.9 Å². The summed E-state index contributed by atoms with van der Waals surface area (Å²) in [7, 11) is 1.30. The average molecular weight is 265 g/mol. The van der Waals surface area contributed by atoms with E-state index < -0.39 is 12.0 Å². The zero-order chi connectivity index (χ0) is 14.1. The molecule has 1 atom stereocenters. The van der Waals surface area contributed by atoms with Gasteiger partial charge in [-0.05, 0) is 37.9 Å². The van der Waals surface area contributed by atoms with Gasteiger partial charge in [0.05, 0.1) is 12.7 Å². The normalized spacial score (nSPS) is 11.7. The summed E-state index contributed by atoms with van der Waals surface area (Å²) < 4.78 is 4.68. The third-order valence-corrected chi connectivity index (χ3v) is 2.66. The molecule has 6 nitrogen and oxygen atoms in total. The van der Waals surface area contributed by atoms with Crippen LogP contribution in [-0.2, 0) is 9.53 Å². The number of hydrogen-bond donors (Lipinski definition) is 2. The van der Waals surface area contributed by atoms with Crippen molar-refractivity contribution in [3.8, 4) is 0 Å². The van der Waals surface area contributed by atoms with Crippen LogP contribution in [0.3, 0.4) is 0 Å². The number of ether oxygens (including phenoxy) is 1. The van der Waals surface area contributed by atoms with Crippen molar-refractivity contribution in [2.45, 2.75) is 25.3 Å². The third kappa shape index (κ3) is 5.05. The molecule has 0 aromatic carbocycles. The number of nitrogens with one attached hydrogen (secondary N) is 1. The Labute approximate surface area is 112 Å². The first kappa shape index (κ1) is 15.1. The van der Waals surface area contributed by atoms with Gasteiger partial charge in [-0.1, -0.05) is 0 Å². The van der Waals surface area contributed by atoms with Gasteiger partial charge in [-0.15, -0.1) is 0 Å². The SMILES string of the molecule is COC(=O)[C@H](CCCCN)NC(=O)c1cccnc1. The van der Waals surface area contributed by atoms with Gasteiger partial charge in [-0.2, -0.15) is 0 Å². The van der Waals surface area contributed by atoms with Crippen LogP contribution in [0.5, 0.6) is 0 Å². The summed E-state index contributed by atoms with van der Waals surface area (Å²) in [5.74, 6) is -0.787. The molecule has 0 fully saturated rings. The van der Waals surface area contributed by atoms with Gasteiger partial charge in [0.1, 0.15) is 6.04 Å². The zero-order valence-electron chi connectivity index (χ0n) is 11.0. The minimum atomic E-state index is -0.649. The lowest BCUT2D eigenvalue weighted by Crippen LogP contribution is -2.41. The third-order valence-electron chi connectivity index (χ3n) is 2.66. The van der Waals surface area contributed by atoms with Crippen molar-refractivity contribution in [2.75, 3.05) is 13.7 Å². The fraction of sp³-hybridized carbons (Fsp3) is 0.462. The molecule has 1 aromatic heterocycles. The van der Waals surface area contributed by atoms with Crippen molar-refractivity contribution in [2.24, 2.45) is 5.73 Å². The number of rotatable bonds is 7. The minimum Gasteiger partial charge on any atom is -0.467 e. The van der Waals surface area contributed by atoms with Crippen molar-refractivity contribution in [3.63, 3.8) is 0 Å². The van der Waals surface area contributed by atoms with E-state index in [9.17, 15) is 9.59 Å². The first-order chi connectivity index (χ1) is 9.19. The molecular formula is C13H19N3O3. The number of hydrogen-bond acceptors (Lipinski definition) is 5. The van der Waals surface area contributed by atoms with Crippen LogP contribution in [0.2, 0.25) is 0 Å². The highest BCUT2D eigenvalue weighted by Crippen LogP contribution is 2.04. The molecule has 0 spiro atoms. The Morgan fingerprint density at radius 3 is 2.84 bits per heavy atom. The second-order valence-electron chi connectivity index (χ2n) is 4.08. The van der Waals surface area contributed by atoms with Gasteiger partial charge in [0.25, 0.3) is 5.91 Å². The summed E-state index contributed by atoms with van der Waals surface area (Å²) in [5, 5.41) is 2.65. The first-order valence-electron chi connectivity index (χ1n) is 6.17. The van der Waals surface area contributed by atoms with Crippen molar-refractivity contribution in [1.82, 2.24) is 10.3 Å². The van der Waals surface area contributed by atoms with E-state index in [4.69, 9.17) is 5.73 Å². The first-order valence-corrected chi connectivity index (χ1v) is 6.17. The Morgan fingerprint density at radius 1 is 1.47 bits per heavy atom. The molecule has 0 aliphatic rings. The van der Waals surface area contributed by atoms with Crippen LogP contribution < -0.4 is 11.1 Å². The Hall–Kier alpha value is -1.95. The number of amides is 1. The molecule has 0 saturated carbocycles. The number of carbonyl (C=O) groups is 2. The van der Waals surface area contributed by atoms with Crippen LogP contribution in [0.4, 0.5) is 0 Å². The van der Waals surface area contributed by atoms with Gasteiger partial charge in [0.15, 0.2) is 0 Å². The van der Waals surface area contributed by atoms with Gasteiger partial charge in [-0.3, -0.25) is 9.78 Å². The predicted octanol–water partition coefficient (Wildman–Crippen LogP) is 0.482. The van der Waals surface area contributed by atoms with E-state index in [2.05, 4.69) is 15.0 Å². The van der Waals surface area contributed by atoms with E-state index in [-0.39, 0.29) is 5.91 Å². The fourth-order valence-corrected chi connectivity index (χ4v) is 1.62. The molecule has 104 valence electrons. The Morgan fingerprint density at radius 2 is 2.26 bits per heavy atom. The monoisotopic (exact) mass is 265 g/mol. The Balaban J connectivity index is 2.61. The zero-order valence-corrected chi connectivity index (χ0v) is 11.0. The van der Waals surface area contributed by atoms with Crippen LogP contribution in [-0.4, -0.2) is 36.6 Å². The van der Waals surface area contributed by atoms with Crippen molar-refractivity contribution < 1.29 is 14.3 Å². The predicted molar refractivity (Wildman–Crippen MR) is 70.4 cm³/mol. The lowest BCUT2D eigenvalue weighted by atomic mass is 10.1. The molecule has 1 heterocycles. The molecule has 1 rings (SSSR count). The lowest BCUT2D eigenvalue weighted by Gasteiger charge is -2.16. The highest BCUT2D eigenvalue weighted by molar-refractivity contribution is 5.96. The summed E-state index contributed by atoms with van der Waals surface area (Å²) in [6.45, 7) is 0.560. The van der Waals surface area contributed by atoms with Gasteiger partial charge in [0, 0.05) is 12.4 Å². The van der Waals surface area contributed by atoms with E-state index in [1.807, 2.05) is 0 Å². The maximum Gasteiger partial charge on any atom is 0.328 e. The maximum absolute atomic E-state index is 11.9. The summed E-state index contributed by atoms with van der Waals surface area (Å²) in [4.78, 5) is 27.4. The Kier molecular flexibility index (Phi) is 6.52. The molecule has 0 aliphatic heterocycles. The summed E-state index contributed by atoms with van der Waals surface area (Å²) in [6, 6.07) is 2.65. The van der Waals surface area contributed by atoms with E-state index in [1.165, 1.54) is 13.3 Å². The van der Waals surface area contributed by atoms with Crippen LogP contribution >= 0.6 is 0 Å². The molecule has 0 radical (unpaired) electrons. The van der Waals surface area contributed by atoms with Gasteiger partial charge in [0.2, 0.25) is 0 Å². The summed E-state index contributed by atoms with van der Waals surface area (Å²) in [5.41, 5.74) is 5.82. The summed E-state index contributed by atoms with van der Waals surface area (Å²) >= 11 is 0. The summed E-state index contributed by atoms with van der Waals surface area (Å²) in [6.07, 6.45) is 5.09. The van der Waals surface area contributed by atoms with E-state index in [0.717, 1.165) is 12.8 Å². The average Bonchev–Trinajstić information content (AvgIpc) is 2.46. The standard InChI is InChI=1S/C13H19N3O3/c1-19-13(18)11(6-2-3-7-14)16-12(17)10-5-4-8-15-9-10/h4-5,8-9,11H,2-3,6-7,14H2,1H3,(H,16,17)/t11-/m0/s1. The molecule has 6 heteroatoms. The number of esters is 1. The highest BCUT2D eigenvalue weighted by Gasteiger charge is 2.21. The molecule has 0 saturated heterocycles. The van der Waals surface area contributed by atoms with Gasteiger partial charge in [-0.25, -0.2) is 4.79 Å². The molecule has 1 aromatic rings. The van der Waals surface area contributed by atoms with Crippen molar-refractivity contribution in [3.05, 3.63) is 30.1 Å². The molecule has 1 amide bonds. The molecule has 3 N–H and O–H groups in total. The quantitative estimate of drug-likeness (QED) is 0.552. The maximum atomic E-state index is 11.9. The second-order valence-corrected chi connectivity index (χ2v) is 4.08. The lowest BCUT2D eigenvalue weighted by molar-refractivity contribution is -0.143. The number of aromatic nitrogens is 1.